The van der Waals surface area contributed by atoms with Crippen molar-refractivity contribution in [1.82, 2.24) is 0 Å². The molecule has 2 rings (SSSR count). The Hall–Kier alpha value is -0.960. The SMILES string of the molecule is O=C(O)c1ccc(SCCC2CCCCC2)cc1. The molecule has 1 saturated carbocycles. The molecule has 0 atom stereocenters. The normalized spacial score (nSPS) is 16.7. The molecule has 2 nitrogen and oxygen atoms in total. The van der Waals surface area contributed by atoms with Crippen molar-refractivity contribution in [2.45, 2.75) is 43.4 Å². The monoisotopic (exact) mass is 264 g/mol. The van der Waals surface area contributed by atoms with E-state index < -0.39 is 5.97 Å². The standard InChI is InChI=1S/C15H20O2S/c16-15(17)13-6-8-14(9-7-13)18-11-10-12-4-2-1-3-5-12/h6-9,12H,1-5,10-11H2,(H,16,17). The van der Waals surface area contributed by atoms with Gasteiger partial charge in [0.25, 0.3) is 0 Å². The van der Waals surface area contributed by atoms with E-state index >= 15 is 0 Å². The molecule has 3 heteroatoms. The van der Waals surface area contributed by atoms with Crippen molar-refractivity contribution in [1.29, 1.82) is 0 Å². The molecule has 0 aromatic heterocycles. The van der Waals surface area contributed by atoms with E-state index in [2.05, 4.69) is 0 Å². The number of carboxylic acids is 1. The van der Waals surface area contributed by atoms with Crippen LogP contribution >= 0.6 is 11.8 Å². The third-order valence-corrected chi connectivity index (χ3v) is 4.67. The molecule has 0 heterocycles. The average molecular weight is 264 g/mol. The molecule has 1 aliphatic carbocycles. The molecule has 0 bridgehead atoms. The van der Waals surface area contributed by atoms with Gasteiger partial charge in [0.1, 0.15) is 0 Å². The predicted octanol–water partition coefficient (Wildman–Crippen LogP) is 4.45. The Morgan fingerprint density at radius 1 is 1.17 bits per heavy atom. The molecule has 1 aromatic rings. The second-order valence-corrected chi connectivity index (χ2v) is 6.14. The van der Waals surface area contributed by atoms with E-state index in [-0.39, 0.29) is 0 Å². The molecule has 18 heavy (non-hydrogen) atoms. The van der Waals surface area contributed by atoms with Gasteiger partial charge in [-0.2, -0.15) is 0 Å². The summed E-state index contributed by atoms with van der Waals surface area (Å²) in [7, 11) is 0. The fraction of sp³-hybridized carbons (Fsp3) is 0.533. The van der Waals surface area contributed by atoms with Crippen LogP contribution in [0, 0.1) is 5.92 Å². The molecule has 1 aliphatic rings. The lowest BCUT2D eigenvalue weighted by Gasteiger charge is -2.21. The number of rotatable bonds is 5. The number of hydrogen-bond donors (Lipinski definition) is 1. The fourth-order valence-electron chi connectivity index (χ4n) is 2.51. The Morgan fingerprint density at radius 2 is 1.83 bits per heavy atom. The van der Waals surface area contributed by atoms with E-state index in [4.69, 9.17) is 5.11 Å². The molecule has 1 fully saturated rings. The van der Waals surface area contributed by atoms with Crippen molar-refractivity contribution >= 4 is 17.7 Å². The highest BCUT2D eigenvalue weighted by Crippen LogP contribution is 2.29. The van der Waals surface area contributed by atoms with Gasteiger partial charge in [-0.15, -0.1) is 11.8 Å². The van der Waals surface area contributed by atoms with E-state index in [0.29, 0.717) is 5.56 Å². The highest BCUT2D eigenvalue weighted by Gasteiger charge is 2.12. The Labute approximate surface area is 113 Å². The third kappa shape index (κ3) is 4.05. The van der Waals surface area contributed by atoms with Crippen LogP contribution < -0.4 is 0 Å². The zero-order chi connectivity index (χ0) is 12.8. The molecule has 0 spiro atoms. The molecule has 0 radical (unpaired) electrons. The number of carbonyl (C=O) groups is 1. The van der Waals surface area contributed by atoms with Gasteiger partial charge in [-0.05, 0) is 42.4 Å². The number of aromatic carboxylic acids is 1. The minimum Gasteiger partial charge on any atom is -0.478 e. The van der Waals surface area contributed by atoms with E-state index in [9.17, 15) is 4.79 Å². The van der Waals surface area contributed by atoms with Crippen molar-refractivity contribution in [3.05, 3.63) is 29.8 Å². The molecule has 1 aromatic carbocycles. The smallest absolute Gasteiger partial charge is 0.335 e. The summed E-state index contributed by atoms with van der Waals surface area (Å²) >= 11 is 1.84. The summed E-state index contributed by atoms with van der Waals surface area (Å²) in [6, 6.07) is 7.19. The van der Waals surface area contributed by atoms with Crippen molar-refractivity contribution in [3.8, 4) is 0 Å². The largest absolute Gasteiger partial charge is 0.478 e. The molecule has 1 N–H and O–H groups in total. The Balaban J connectivity index is 1.74. The van der Waals surface area contributed by atoms with Gasteiger partial charge >= 0.3 is 5.97 Å². The summed E-state index contributed by atoms with van der Waals surface area (Å²) in [6.07, 6.45) is 8.33. The molecular formula is C15H20O2S. The van der Waals surface area contributed by atoms with Crippen LogP contribution in [0.2, 0.25) is 0 Å². The second-order valence-electron chi connectivity index (χ2n) is 4.97. The highest BCUT2D eigenvalue weighted by atomic mass is 32.2. The lowest BCUT2D eigenvalue weighted by atomic mass is 9.88. The Kier molecular flexibility index (Phi) is 5.12. The fourth-order valence-corrected chi connectivity index (χ4v) is 3.53. The van der Waals surface area contributed by atoms with Crippen molar-refractivity contribution < 1.29 is 9.90 Å². The maximum Gasteiger partial charge on any atom is 0.335 e. The van der Waals surface area contributed by atoms with Gasteiger partial charge in [0.2, 0.25) is 0 Å². The third-order valence-electron chi connectivity index (χ3n) is 3.62. The van der Waals surface area contributed by atoms with Crippen LogP contribution in [0.25, 0.3) is 0 Å². The zero-order valence-corrected chi connectivity index (χ0v) is 11.4. The van der Waals surface area contributed by atoms with E-state index in [1.165, 1.54) is 43.4 Å². The van der Waals surface area contributed by atoms with E-state index in [0.717, 1.165) is 11.7 Å². The zero-order valence-electron chi connectivity index (χ0n) is 10.6. The highest BCUT2D eigenvalue weighted by molar-refractivity contribution is 7.99. The molecule has 0 aliphatic heterocycles. The van der Waals surface area contributed by atoms with E-state index in [1.807, 2.05) is 23.9 Å². The summed E-state index contributed by atoms with van der Waals surface area (Å²) in [5.74, 6) is 1.22. The molecule has 0 unspecified atom stereocenters. The van der Waals surface area contributed by atoms with E-state index in [1.54, 1.807) is 12.1 Å². The lowest BCUT2D eigenvalue weighted by Crippen LogP contribution is -2.06. The first kappa shape index (κ1) is 13.5. The molecule has 0 saturated heterocycles. The van der Waals surface area contributed by atoms with Crippen molar-refractivity contribution in [3.63, 3.8) is 0 Å². The van der Waals surface area contributed by atoms with Gasteiger partial charge < -0.3 is 5.11 Å². The van der Waals surface area contributed by atoms with Crippen LogP contribution in [-0.4, -0.2) is 16.8 Å². The first-order valence-electron chi connectivity index (χ1n) is 6.72. The number of benzene rings is 1. The van der Waals surface area contributed by atoms with Gasteiger partial charge in [-0.25, -0.2) is 4.79 Å². The van der Waals surface area contributed by atoms with Gasteiger partial charge in [0.05, 0.1) is 5.56 Å². The molecule has 98 valence electrons. The molecule has 0 amide bonds. The quantitative estimate of drug-likeness (QED) is 0.798. The maximum atomic E-state index is 10.7. The van der Waals surface area contributed by atoms with Crippen LogP contribution in [0.1, 0.15) is 48.9 Å². The topological polar surface area (TPSA) is 37.3 Å². The van der Waals surface area contributed by atoms with Gasteiger partial charge in [-0.1, -0.05) is 32.1 Å². The summed E-state index contributed by atoms with van der Waals surface area (Å²) < 4.78 is 0. The summed E-state index contributed by atoms with van der Waals surface area (Å²) in [5.41, 5.74) is 0.367. The van der Waals surface area contributed by atoms with Crippen LogP contribution in [0.4, 0.5) is 0 Å². The van der Waals surface area contributed by atoms with Crippen molar-refractivity contribution in [2.24, 2.45) is 5.92 Å². The van der Waals surface area contributed by atoms with Crippen LogP contribution in [-0.2, 0) is 0 Å². The second kappa shape index (κ2) is 6.83. The Bertz CT molecular complexity index is 380. The first-order valence-corrected chi connectivity index (χ1v) is 7.70. The number of carboxylic acid groups (broad SMARTS) is 1. The van der Waals surface area contributed by atoms with Crippen LogP contribution in [0.5, 0.6) is 0 Å². The number of thioether (sulfide) groups is 1. The molecular weight excluding hydrogens is 244 g/mol. The minimum absolute atomic E-state index is 0.367. The first-order chi connectivity index (χ1) is 8.75. The maximum absolute atomic E-state index is 10.7. The van der Waals surface area contributed by atoms with Gasteiger partial charge in [-0.3, -0.25) is 0 Å². The number of hydrogen-bond acceptors (Lipinski definition) is 2. The predicted molar refractivity (Wildman–Crippen MR) is 75.3 cm³/mol. The van der Waals surface area contributed by atoms with Gasteiger partial charge in [0, 0.05) is 4.90 Å². The summed E-state index contributed by atoms with van der Waals surface area (Å²) in [6.45, 7) is 0. The summed E-state index contributed by atoms with van der Waals surface area (Å²) in [5, 5.41) is 8.82. The summed E-state index contributed by atoms with van der Waals surface area (Å²) in [4.78, 5) is 11.9. The minimum atomic E-state index is -0.853. The lowest BCUT2D eigenvalue weighted by molar-refractivity contribution is 0.0697. The Morgan fingerprint density at radius 3 is 2.44 bits per heavy atom. The van der Waals surface area contributed by atoms with Crippen LogP contribution in [0.3, 0.4) is 0 Å². The average Bonchev–Trinajstić information content (AvgIpc) is 2.40. The van der Waals surface area contributed by atoms with Gasteiger partial charge in [0.15, 0.2) is 0 Å². The van der Waals surface area contributed by atoms with Crippen LogP contribution in [0.15, 0.2) is 29.2 Å². The van der Waals surface area contributed by atoms with Crippen molar-refractivity contribution in [2.75, 3.05) is 5.75 Å².